The quantitative estimate of drug-likeness (QED) is 0.684. The molecule has 2 unspecified atom stereocenters. The van der Waals surface area contributed by atoms with Crippen LogP contribution in [0.2, 0.25) is 0 Å². The van der Waals surface area contributed by atoms with E-state index < -0.39 is 0 Å². The van der Waals surface area contributed by atoms with E-state index in [1.54, 1.807) is 0 Å². The molecule has 1 fully saturated rings. The van der Waals surface area contributed by atoms with Gasteiger partial charge < -0.3 is 4.98 Å². The summed E-state index contributed by atoms with van der Waals surface area (Å²) in [6, 6.07) is 6.84. The summed E-state index contributed by atoms with van der Waals surface area (Å²) in [4.78, 5) is 8.39. The van der Waals surface area contributed by atoms with Crippen LogP contribution >= 0.6 is 0 Å². The maximum atomic E-state index is 4.90. The van der Waals surface area contributed by atoms with E-state index in [-0.39, 0.29) is 12.0 Å². The summed E-state index contributed by atoms with van der Waals surface area (Å²) in [7, 11) is 0. The van der Waals surface area contributed by atoms with Gasteiger partial charge in [-0.25, -0.2) is 15.1 Å². The highest BCUT2D eigenvalue weighted by molar-refractivity contribution is 5.70. The van der Waals surface area contributed by atoms with Crippen molar-refractivity contribution in [1.29, 1.82) is 0 Å². The predicted octanol–water partition coefficient (Wildman–Crippen LogP) is 2.96. The van der Waals surface area contributed by atoms with E-state index >= 15 is 0 Å². The second-order valence-corrected chi connectivity index (χ2v) is 7.55. The van der Waals surface area contributed by atoms with Gasteiger partial charge in [-0.15, -0.1) is 0 Å². The van der Waals surface area contributed by atoms with Crippen molar-refractivity contribution in [3.8, 4) is 0 Å². The highest BCUT2D eigenvalue weighted by Gasteiger charge is 2.33. The average molecular weight is 338 g/mol. The van der Waals surface area contributed by atoms with Crippen LogP contribution in [-0.4, -0.2) is 26.3 Å². The van der Waals surface area contributed by atoms with Gasteiger partial charge in [-0.1, -0.05) is 37.6 Å². The Kier molecular flexibility index (Phi) is 4.09. The number of hydrogen-bond acceptors (Lipinski definition) is 4. The smallest absolute Gasteiger partial charge is 0.176 e. The molecule has 1 saturated heterocycles. The summed E-state index contributed by atoms with van der Waals surface area (Å²) in [5.41, 5.74) is 12.6. The molecule has 3 heterocycles. The first-order chi connectivity index (χ1) is 12.0. The molecule has 0 saturated carbocycles. The molecule has 132 valence electrons. The summed E-state index contributed by atoms with van der Waals surface area (Å²) in [5, 5.41) is 4.46. The van der Waals surface area contributed by atoms with Crippen molar-refractivity contribution in [3.63, 3.8) is 0 Å². The number of aromatic amines is 1. The van der Waals surface area contributed by atoms with Crippen molar-refractivity contribution in [2.45, 2.75) is 46.2 Å². The van der Waals surface area contributed by atoms with Crippen molar-refractivity contribution in [2.75, 3.05) is 6.54 Å². The van der Waals surface area contributed by atoms with Crippen molar-refractivity contribution in [1.82, 2.24) is 30.6 Å². The minimum Gasteiger partial charge on any atom is -0.339 e. The molecule has 0 aliphatic carbocycles. The van der Waals surface area contributed by atoms with Gasteiger partial charge in [0, 0.05) is 13.1 Å². The molecular weight excluding hydrogens is 312 g/mol. The van der Waals surface area contributed by atoms with E-state index in [1.807, 2.05) is 10.9 Å². The molecule has 4 rings (SSSR count). The summed E-state index contributed by atoms with van der Waals surface area (Å²) < 4.78 is 2.00. The average Bonchev–Trinajstić information content (AvgIpc) is 3.25. The second-order valence-electron chi connectivity index (χ2n) is 7.55. The predicted molar refractivity (Wildman–Crippen MR) is 99.3 cm³/mol. The molecule has 3 aromatic rings. The highest BCUT2D eigenvalue weighted by Crippen LogP contribution is 2.34. The van der Waals surface area contributed by atoms with E-state index in [0.29, 0.717) is 5.92 Å². The monoisotopic (exact) mass is 338 g/mol. The lowest BCUT2D eigenvalue weighted by atomic mass is 9.90. The van der Waals surface area contributed by atoms with Gasteiger partial charge in [0.15, 0.2) is 5.65 Å². The van der Waals surface area contributed by atoms with Crippen LogP contribution in [0.1, 0.15) is 48.3 Å². The molecule has 6 heteroatoms. The van der Waals surface area contributed by atoms with Gasteiger partial charge in [0.2, 0.25) is 0 Å². The first kappa shape index (κ1) is 16.3. The third-order valence-electron chi connectivity index (χ3n) is 4.94. The van der Waals surface area contributed by atoms with Crippen LogP contribution in [0.5, 0.6) is 0 Å². The number of nitrogens with zero attached hydrogens (tertiary/aromatic N) is 3. The number of aryl methyl sites for hydroxylation is 2. The van der Waals surface area contributed by atoms with Crippen LogP contribution in [-0.2, 0) is 6.54 Å². The number of aromatic nitrogens is 4. The number of hydrazine groups is 1. The fourth-order valence-electron chi connectivity index (χ4n) is 3.66. The fourth-order valence-corrected chi connectivity index (χ4v) is 3.66. The van der Waals surface area contributed by atoms with Crippen LogP contribution in [0, 0.1) is 19.8 Å². The second kappa shape index (κ2) is 6.28. The number of nitrogens with one attached hydrogen (secondary N) is 3. The Morgan fingerprint density at radius 1 is 1.28 bits per heavy atom. The van der Waals surface area contributed by atoms with Crippen LogP contribution < -0.4 is 10.9 Å². The van der Waals surface area contributed by atoms with Gasteiger partial charge in [0.05, 0.1) is 18.2 Å². The zero-order valence-electron chi connectivity index (χ0n) is 15.3. The van der Waals surface area contributed by atoms with E-state index in [4.69, 9.17) is 4.98 Å². The lowest BCUT2D eigenvalue weighted by Gasteiger charge is -2.19. The van der Waals surface area contributed by atoms with Crippen molar-refractivity contribution in [2.24, 2.45) is 5.92 Å². The maximum absolute atomic E-state index is 4.90. The van der Waals surface area contributed by atoms with Gasteiger partial charge in [-0.2, -0.15) is 5.10 Å². The molecule has 0 bridgehead atoms. The Morgan fingerprint density at radius 2 is 2.12 bits per heavy atom. The lowest BCUT2D eigenvalue weighted by molar-refractivity contribution is 0.491. The molecule has 1 aromatic carbocycles. The van der Waals surface area contributed by atoms with Gasteiger partial charge in [0.25, 0.3) is 0 Å². The highest BCUT2D eigenvalue weighted by atomic mass is 15.4. The van der Waals surface area contributed by atoms with Crippen LogP contribution in [0.4, 0.5) is 0 Å². The molecule has 25 heavy (non-hydrogen) atoms. The normalized spacial score (nSPS) is 20.8. The van der Waals surface area contributed by atoms with E-state index in [0.717, 1.165) is 30.1 Å². The Bertz CT molecular complexity index is 891. The number of imidazole rings is 1. The van der Waals surface area contributed by atoms with Crippen LogP contribution in [0.15, 0.2) is 24.4 Å². The number of fused-ring (bicyclic) bond motifs is 1. The Balaban J connectivity index is 1.69. The topological polar surface area (TPSA) is 70.6 Å². The third kappa shape index (κ3) is 2.96. The van der Waals surface area contributed by atoms with Crippen LogP contribution in [0.3, 0.4) is 0 Å². The molecular formula is C19H26N6. The molecule has 1 aliphatic rings. The van der Waals surface area contributed by atoms with E-state index in [2.05, 4.69) is 66.8 Å². The standard InChI is InChI=1S/C19H26N6/c1-11(2)10-25-19-16(9-21-25)22-18(23-19)15-8-20-24-17(15)14-7-12(3)5-6-13(14)4/h5-7,9,11,15,17,20,24H,8,10H2,1-4H3,(H,22,23). The van der Waals surface area contributed by atoms with Crippen LogP contribution in [0.25, 0.3) is 11.2 Å². The number of benzene rings is 1. The molecule has 1 aliphatic heterocycles. The van der Waals surface area contributed by atoms with Gasteiger partial charge in [-0.3, -0.25) is 5.43 Å². The van der Waals surface area contributed by atoms with E-state index in [9.17, 15) is 0 Å². The van der Waals surface area contributed by atoms with Gasteiger partial charge in [-0.05, 0) is 30.9 Å². The number of H-pyrrole nitrogens is 1. The minimum absolute atomic E-state index is 0.210. The molecule has 2 aromatic heterocycles. The first-order valence-corrected chi connectivity index (χ1v) is 9.00. The minimum atomic E-state index is 0.210. The molecule has 3 N–H and O–H groups in total. The van der Waals surface area contributed by atoms with E-state index in [1.165, 1.54) is 16.7 Å². The lowest BCUT2D eigenvalue weighted by Crippen LogP contribution is -2.25. The van der Waals surface area contributed by atoms with Crippen molar-refractivity contribution >= 4 is 11.2 Å². The van der Waals surface area contributed by atoms with Crippen molar-refractivity contribution < 1.29 is 0 Å². The third-order valence-corrected chi connectivity index (χ3v) is 4.94. The Morgan fingerprint density at radius 3 is 2.92 bits per heavy atom. The summed E-state index contributed by atoms with van der Waals surface area (Å²) in [5.74, 6) is 1.83. The Hall–Kier alpha value is -2.18. The molecule has 2 atom stereocenters. The zero-order valence-corrected chi connectivity index (χ0v) is 15.3. The summed E-state index contributed by atoms with van der Waals surface area (Å²) >= 11 is 0. The zero-order chi connectivity index (χ0) is 17.6. The van der Waals surface area contributed by atoms with Gasteiger partial charge in [0.1, 0.15) is 11.3 Å². The number of hydrogen-bond donors (Lipinski definition) is 3. The van der Waals surface area contributed by atoms with Gasteiger partial charge >= 0.3 is 0 Å². The summed E-state index contributed by atoms with van der Waals surface area (Å²) in [6.07, 6.45) is 1.89. The summed E-state index contributed by atoms with van der Waals surface area (Å²) in [6.45, 7) is 10.4. The first-order valence-electron chi connectivity index (χ1n) is 9.00. The fraction of sp³-hybridized carbons (Fsp3) is 0.474. The maximum Gasteiger partial charge on any atom is 0.176 e. The SMILES string of the molecule is Cc1ccc(C)c(C2NNCC2c2nc3c(cnn3CC(C)C)[nH]2)c1. The molecule has 0 radical (unpaired) electrons. The largest absolute Gasteiger partial charge is 0.339 e. The van der Waals surface area contributed by atoms with Crippen molar-refractivity contribution in [3.05, 3.63) is 46.9 Å². The molecule has 6 nitrogen and oxygen atoms in total. The molecule has 0 spiro atoms. The molecule has 0 amide bonds. The Labute approximate surface area is 148 Å². The number of rotatable bonds is 4.